The molecule has 0 amide bonds. The SMILES string of the molecule is COC(=O)c1ccc(S(=O)(=O)N2CCCC(N)C2)c(Br)c1.Cl. The van der Waals surface area contributed by atoms with Crippen LogP contribution >= 0.6 is 28.3 Å². The fraction of sp³-hybridized carbons (Fsp3) is 0.462. The van der Waals surface area contributed by atoms with Crippen LogP contribution in [0.2, 0.25) is 0 Å². The van der Waals surface area contributed by atoms with Gasteiger partial charge in [0.2, 0.25) is 10.0 Å². The standard InChI is InChI=1S/C13H17BrN2O4S.ClH/c1-20-13(17)9-4-5-12(11(14)7-9)21(18,19)16-6-2-3-10(15)8-16;/h4-5,7,10H,2-3,6,8,15H2,1H3;1H. The summed E-state index contributed by atoms with van der Waals surface area (Å²) in [6, 6.07) is 4.16. The first-order valence-corrected chi connectivity index (χ1v) is 8.73. The maximum absolute atomic E-state index is 12.6. The second-order valence-corrected chi connectivity index (χ2v) is 7.66. The van der Waals surface area contributed by atoms with Gasteiger partial charge in [-0.25, -0.2) is 13.2 Å². The van der Waals surface area contributed by atoms with E-state index >= 15 is 0 Å². The normalized spacial score (nSPS) is 19.3. The first-order chi connectivity index (χ1) is 9.86. The van der Waals surface area contributed by atoms with E-state index in [9.17, 15) is 13.2 Å². The lowest BCUT2D eigenvalue weighted by Crippen LogP contribution is -2.45. The summed E-state index contributed by atoms with van der Waals surface area (Å²) in [7, 11) is -2.35. The molecule has 0 aromatic heterocycles. The molecule has 1 unspecified atom stereocenters. The highest BCUT2D eigenvalue weighted by Crippen LogP contribution is 2.28. The van der Waals surface area contributed by atoms with E-state index in [1.807, 2.05) is 0 Å². The Morgan fingerprint density at radius 1 is 1.45 bits per heavy atom. The van der Waals surface area contributed by atoms with Crippen molar-refractivity contribution in [1.82, 2.24) is 4.31 Å². The topological polar surface area (TPSA) is 89.7 Å². The molecule has 1 fully saturated rings. The predicted molar refractivity (Wildman–Crippen MR) is 88.7 cm³/mol. The first-order valence-electron chi connectivity index (χ1n) is 6.50. The van der Waals surface area contributed by atoms with Crippen LogP contribution in [0.15, 0.2) is 27.6 Å². The number of nitrogens with zero attached hydrogens (tertiary/aromatic N) is 1. The molecule has 124 valence electrons. The second kappa shape index (κ2) is 7.74. The molecule has 1 saturated heterocycles. The molecule has 22 heavy (non-hydrogen) atoms. The number of carbonyl (C=O) groups excluding carboxylic acids is 1. The Labute approximate surface area is 144 Å². The number of halogens is 2. The lowest BCUT2D eigenvalue weighted by molar-refractivity contribution is 0.0600. The highest BCUT2D eigenvalue weighted by molar-refractivity contribution is 9.10. The van der Waals surface area contributed by atoms with Gasteiger partial charge in [-0.2, -0.15) is 4.31 Å². The number of rotatable bonds is 3. The van der Waals surface area contributed by atoms with E-state index in [2.05, 4.69) is 20.7 Å². The molecule has 1 atom stereocenters. The third-order valence-electron chi connectivity index (χ3n) is 3.39. The molecule has 0 spiro atoms. The van der Waals surface area contributed by atoms with Gasteiger partial charge in [0.15, 0.2) is 0 Å². The van der Waals surface area contributed by atoms with Crippen LogP contribution in [-0.4, -0.2) is 44.9 Å². The van der Waals surface area contributed by atoms with Crippen LogP contribution < -0.4 is 5.73 Å². The minimum atomic E-state index is -3.62. The van der Waals surface area contributed by atoms with Gasteiger partial charge >= 0.3 is 5.97 Å². The molecule has 9 heteroatoms. The Hall–Kier alpha value is -0.670. The van der Waals surface area contributed by atoms with Gasteiger partial charge < -0.3 is 10.5 Å². The van der Waals surface area contributed by atoms with Gasteiger partial charge in [-0.05, 0) is 47.0 Å². The monoisotopic (exact) mass is 412 g/mol. The number of hydrogen-bond donors (Lipinski definition) is 1. The Morgan fingerprint density at radius 2 is 2.14 bits per heavy atom. The highest BCUT2D eigenvalue weighted by atomic mass is 79.9. The maximum Gasteiger partial charge on any atom is 0.337 e. The number of sulfonamides is 1. The summed E-state index contributed by atoms with van der Waals surface area (Å²) in [6.07, 6.45) is 1.58. The zero-order valence-corrected chi connectivity index (χ0v) is 15.2. The number of benzene rings is 1. The minimum absolute atomic E-state index is 0. The molecule has 1 aromatic rings. The summed E-state index contributed by atoms with van der Waals surface area (Å²) in [5.41, 5.74) is 6.13. The van der Waals surface area contributed by atoms with Crippen LogP contribution in [-0.2, 0) is 14.8 Å². The Bertz CT molecular complexity index is 653. The van der Waals surface area contributed by atoms with Crippen LogP contribution in [0.5, 0.6) is 0 Å². The van der Waals surface area contributed by atoms with Crippen molar-refractivity contribution >= 4 is 44.3 Å². The summed E-state index contributed by atoms with van der Waals surface area (Å²) >= 11 is 3.22. The maximum atomic E-state index is 12.6. The average molecular weight is 414 g/mol. The van der Waals surface area contributed by atoms with Gasteiger partial charge in [0.25, 0.3) is 0 Å². The van der Waals surface area contributed by atoms with Crippen LogP contribution in [0, 0.1) is 0 Å². The molecule has 2 rings (SSSR count). The van der Waals surface area contributed by atoms with Crippen molar-refractivity contribution in [2.45, 2.75) is 23.8 Å². The lowest BCUT2D eigenvalue weighted by Gasteiger charge is -2.30. The van der Waals surface area contributed by atoms with Gasteiger partial charge in [0, 0.05) is 23.6 Å². The molecule has 1 aliphatic rings. The first kappa shape index (κ1) is 19.4. The van der Waals surface area contributed by atoms with Crippen molar-refractivity contribution in [2.24, 2.45) is 5.73 Å². The van der Waals surface area contributed by atoms with Crippen LogP contribution in [0.4, 0.5) is 0 Å². The Kier molecular flexibility index (Phi) is 6.82. The molecular weight excluding hydrogens is 396 g/mol. The molecule has 6 nitrogen and oxygen atoms in total. The number of ether oxygens (including phenoxy) is 1. The number of piperidine rings is 1. The molecular formula is C13H18BrClN2O4S. The summed E-state index contributed by atoms with van der Waals surface area (Å²) in [6.45, 7) is 0.773. The number of carbonyl (C=O) groups is 1. The van der Waals surface area contributed by atoms with Crippen molar-refractivity contribution in [3.8, 4) is 0 Å². The highest BCUT2D eigenvalue weighted by Gasteiger charge is 2.30. The molecule has 0 bridgehead atoms. The minimum Gasteiger partial charge on any atom is -0.465 e. The van der Waals surface area contributed by atoms with Crippen LogP contribution in [0.25, 0.3) is 0 Å². The number of methoxy groups -OCH3 is 1. The van der Waals surface area contributed by atoms with Crippen molar-refractivity contribution in [2.75, 3.05) is 20.2 Å². The number of hydrogen-bond acceptors (Lipinski definition) is 5. The average Bonchev–Trinajstić information content (AvgIpc) is 2.46. The molecule has 0 saturated carbocycles. The molecule has 0 aliphatic carbocycles. The van der Waals surface area contributed by atoms with Crippen LogP contribution in [0.1, 0.15) is 23.2 Å². The summed E-state index contributed by atoms with van der Waals surface area (Å²) < 4.78 is 31.6. The van der Waals surface area contributed by atoms with Crippen molar-refractivity contribution in [1.29, 1.82) is 0 Å². The molecule has 1 aliphatic heterocycles. The predicted octanol–water partition coefficient (Wildman–Crippen LogP) is 1.77. The number of nitrogens with two attached hydrogens (primary N) is 1. The van der Waals surface area contributed by atoms with E-state index in [0.717, 1.165) is 12.8 Å². The largest absolute Gasteiger partial charge is 0.465 e. The van der Waals surface area contributed by atoms with Crippen molar-refractivity contribution < 1.29 is 17.9 Å². The van der Waals surface area contributed by atoms with Gasteiger partial charge in [-0.3, -0.25) is 0 Å². The van der Waals surface area contributed by atoms with E-state index in [0.29, 0.717) is 23.1 Å². The van der Waals surface area contributed by atoms with E-state index in [1.165, 1.54) is 29.6 Å². The summed E-state index contributed by atoms with van der Waals surface area (Å²) in [5, 5.41) is 0. The van der Waals surface area contributed by atoms with E-state index in [1.54, 1.807) is 0 Å². The molecule has 1 aromatic carbocycles. The quantitative estimate of drug-likeness (QED) is 0.763. The smallest absolute Gasteiger partial charge is 0.337 e. The summed E-state index contributed by atoms with van der Waals surface area (Å²) in [5.74, 6) is -0.514. The van der Waals surface area contributed by atoms with E-state index in [-0.39, 0.29) is 23.3 Å². The van der Waals surface area contributed by atoms with Gasteiger partial charge in [0.1, 0.15) is 0 Å². The molecule has 0 radical (unpaired) electrons. The zero-order chi connectivity index (χ0) is 15.6. The van der Waals surface area contributed by atoms with E-state index < -0.39 is 16.0 Å². The van der Waals surface area contributed by atoms with Crippen molar-refractivity contribution in [3.63, 3.8) is 0 Å². The zero-order valence-electron chi connectivity index (χ0n) is 12.0. The van der Waals surface area contributed by atoms with Gasteiger partial charge in [-0.15, -0.1) is 12.4 Å². The van der Waals surface area contributed by atoms with Gasteiger partial charge in [-0.1, -0.05) is 0 Å². The fourth-order valence-corrected chi connectivity index (χ4v) is 4.86. The van der Waals surface area contributed by atoms with Gasteiger partial charge in [0.05, 0.1) is 17.6 Å². The Balaban J connectivity index is 0.00000242. The summed E-state index contributed by atoms with van der Waals surface area (Å²) in [4.78, 5) is 11.6. The molecule has 2 N–H and O–H groups in total. The Morgan fingerprint density at radius 3 is 2.68 bits per heavy atom. The lowest BCUT2D eigenvalue weighted by atomic mass is 10.1. The fourth-order valence-electron chi connectivity index (χ4n) is 2.29. The van der Waals surface area contributed by atoms with Crippen LogP contribution in [0.3, 0.4) is 0 Å². The van der Waals surface area contributed by atoms with Crippen molar-refractivity contribution in [3.05, 3.63) is 28.2 Å². The second-order valence-electron chi connectivity index (χ2n) is 4.90. The van der Waals surface area contributed by atoms with E-state index in [4.69, 9.17) is 5.73 Å². The third kappa shape index (κ3) is 3.99. The third-order valence-corrected chi connectivity index (χ3v) is 6.23. The molecule has 1 heterocycles. The number of esters is 1.